The number of fused-ring (bicyclic) bond motifs is 2. The number of anilines is 1. The molecule has 0 bridgehead atoms. The highest BCUT2D eigenvalue weighted by Gasteiger charge is 2.31. The lowest BCUT2D eigenvalue weighted by Crippen LogP contribution is -2.49. The number of hydrogen-bond acceptors (Lipinski definition) is 7. The molecule has 256 valence electrons. The summed E-state index contributed by atoms with van der Waals surface area (Å²) in [4.78, 5) is 52.4. The van der Waals surface area contributed by atoms with E-state index in [9.17, 15) is 14.4 Å². The lowest BCUT2D eigenvalue weighted by Gasteiger charge is -2.39. The van der Waals surface area contributed by atoms with Crippen molar-refractivity contribution >= 4 is 34.3 Å². The molecule has 1 aliphatic carbocycles. The van der Waals surface area contributed by atoms with Crippen LogP contribution in [0.4, 0.5) is 5.69 Å². The molecular formula is C38H46N8O3. The molecule has 3 aromatic heterocycles. The number of amides is 3. The van der Waals surface area contributed by atoms with E-state index in [1.165, 1.54) is 11.3 Å². The predicted molar refractivity (Wildman–Crippen MR) is 188 cm³/mol. The highest BCUT2D eigenvalue weighted by atomic mass is 16.2. The first-order valence-corrected chi connectivity index (χ1v) is 17.9. The summed E-state index contributed by atoms with van der Waals surface area (Å²) in [6.45, 7) is 11.1. The van der Waals surface area contributed by atoms with Gasteiger partial charge in [0.2, 0.25) is 11.8 Å². The summed E-state index contributed by atoms with van der Waals surface area (Å²) in [6, 6.07) is 12.2. The van der Waals surface area contributed by atoms with Crippen LogP contribution in [-0.2, 0) is 22.4 Å². The van der Waals surface area contributed by atoms with Crippen LogP contribution in [0.5, 0.6) is 0 Å². The van der Waals surface area contributed by atoms with Crippen molar-refractivity contribution in [3.05, 3.63) is 65.1 Å². The van der Waals surface area contributed by atoms with Gasteiger partial charge < -0.3 is 14.8 Å². The third-order valence-corrected chi connectivity index (χ3v) is 11.3. The van der Waals surface area contributed by atoms with Crippen molar-refractivity contribution in [3.8, 4) is 11.4 Å². The molecule has 1 atom stereocenters. The van der Waals surface area contributed by atoms with Crippen molar-refractivity contribution in [1.29, 1.82) is 0 Å². The molecule has 3 N–H and O–H groups in total. The number of pyridine rings is 1. The van der Waals surface area contributed by atoms with E-state index in [0.717, 1.165) is 117 Å². The van der Waals surface area contributed by atoms with Gasteiger partial charge in [-0.1, -0.05) is 19.9 Å². The van der Waals surface area contributed by atoms with Crippen LogP contribution >= 0.6 is 0 Å². The van der Waals surface area contributed by atoms with Crippen LogP contribution in [0, 0.1) is 11.3 Å². The number of nitrogens with zero attached hydrogens (tertiary/aromatic N) is 5. The summed E-state index contributed by atoms with van der Waals surface area (Å²) in [5.41, 5.74) is 8.40. The fourth-order valence-corrected chi connectivity index (χ4v) is 8.28. The molecule has 49 heavy (non-hydrogen) atoms. The number of hydrogen-bond donors (Lipinski definition) is 3. The zero-order valence-corrected chi connectivity index (χ0v) is 28.6. The smallest absolute Gasteiger partial charge is 0.253 e. The zero-order valence-electron chi connectivity index (χ0n) is 28.6. The van der Waals surface area contributed by atoms with Gasteiger partial charge in [-0.25, -0.2) is 0 Å². The number of carbonyl (C=O) groups is 3. The van der Waals surface area contributed by atoms with Crippen molar-refractivity contribution in [2.75, 3.05) is 50.7 Å². The minimum absolute atomic E-state index is 0.113. The van der Waals surface area contributed by atoms with Crippen LogP contribution in [0.15, 0.2) is 42.6 Å². The third kappa shape index (κ3) is 6.48. The number of likely N-dealkylation sites (tertiary alicyclic amines) is 1. The van der Waals surface area contributed by atoms with E-state index in [1.807, 2.05) is 35.4 Å². The monoisotopic (exact) mass is 662 g/mol. The normalized spacial score (nSPS) is 22.0. The van der Waals surface area contributed by atoms with Crippen LogP contribution in [0.1, 0.15) is 79.2 Å². The van der Waals surface area contributed by atoms with Gasteiger partial charge in [-0.3, -0.25) is 34.7 Å². The number of piperazine rings is 1. The topological polar surface area (TPSA) is 130 Å². The van der Waals surface area contributed by atoms with Crippen LogP contribution in [0.3, 0.4) is 0 Å². The van der Waals surface area contributed by atoms with Crippen LogP contribution in [-0.4, -0.2) is 93.5 Å². The molecule has 3 amide bonds. The summed E-state index contributed by atoms with van der Waals surface area (Å²) in [7, 11) is 0. The molecule has 11 heteroatoms. The number of H-pyrrole nitrogens is 2. The van der Waals surface area contributed by atoms with Gasteiger partial charge in [0, 0.05) is 80.0 Å². The summed E-state index contributed by atoms with van der Waals surface area (Å²) in [6.07, 6.45) is 7.98. The van der Waals surface area contributed by atoms with Gasteiger partial charge in [0.25, 0.3) is 5.91 Å². The minimum atomic E-state index is -0.354. The molecule has 6 heterocycles. The summed E-state index contributed by atoms with van der Waals surface area (Å²) in [5, 5.41) is 11.5. The molecule has 8 rings (SSSR count). The van der Waals surface area contributed by atoms with E-state index in [2.05, 4.69) is 61.3 Å². The molecule has 4 aromatic rings. The SMILES string of the molecule is CC1(C)CCc2c(-c3cc4ccc(C(=O)N5CCC(CN6CCN(c7ccc(C8CCC(=O)NC8=O)nc7)CC6)CC5)cc4[nH]3)n[nH]c2C1. The molecule has 3 fully saturated rings. The lowest BCUT2D eigenvalue weighted by molar-refractivity contribution is -0.134. The second kappa shape index (κ2) is 12.7. The Kier molecular flexibility index (Phi) is 8.26. The van der Waals surface area contributed by atoms with Gasteiger partial charge in [-0.2, -0.15) is 5.10 Å². The maximum Gasteiger partial charge on any atom is 0.253 e. The van der Waals surface area contributed by atoms with Crippen molar-refractivity contribution in [3.63, 3.8) is 0 Å². The lowest BCUT2D eigenvalue weighted by atomic mass is 9.76. The maximum atomic E-state index is 13.6. The van der Waals surface area contributed by atoms with Crippen molar-refractivity contribution in [2.45, 2.75) is 64.7 Å². The molecular weight excluding hydrogens is 616 g/mol. The van der Waals surface area contributed by atoms with Gasteiger partial charge in [0.1, 0.15) is 5.69 Å². The Hall–Kier alpha value is -4.51. The van der Waals surface area contributed by atoms with Gasteiger partial charge >= 0.3 is 0 Å². The highest BCUT2D eigenvalue weighted by molar-refractivity contribution is 6.01. The van der Waals surface area contributed by atoms with E-state index in [0.29, 0.717) is 24.2 Å². The summed E-state index contributed by atoms with van der Waals surface area (Å²) >= 11 is 0. The average molecular weight is 663 g/mol. The predicted octanol–water partition coefficient (Wildman–Crippen LogP) is 4.66. The molecule has 1 aromatic carbocycles. The highest BCUT2D eigenvalue weighted by Crippen LogP contribution is 2.38. The van der Waals surface area contributed by atoms with Gasteiger partial charge in [0.15, 0.2) is 0 Å². The fourth-order valence-electron chi connectivity index (χ4n) is 8.28. The molecule has 0 radical (unpaired) electrons. The number of carbonyl (C=O) groups excluding carboxylic acids is 3. The first-order chi connectivity index (χ1) is 23.7. The second-order valence-corrected chi connectivity index (χ2v) is 15.3. The Morgan fingerprint density at radius 3 is 2.53 bits per heavy atom. The Labute approximate surface area is 286 Å². The zero-order chi connectivity index (χ0) is 33.7. The molecule has 3 aliphatic heterocycles. The van der Waals surface area contributed by atoms with Crippen LogP contribution in [0.2, 0.25) is 0 Å². The molecule has 0 spiro atoms. The number of aromatic amines is 2. The first kappa shape index (κ1) is 31.7. The van der Waals surface area contributed by atoms with Crippen molar-refractivity contribution in [2.24, 2.45) is 11.3 Å². The van der Waals surface area contributed by atoms with Crippen molar-refractivity contribution in [1.82, 2.24) is 35.3 Å². The molecule has 3 saturated heterocycles. The Morgan fingerprint density at radius 2 is 1.78 bits per heavy atom. The molecule has 1 unspecified atom stereocenters. The van der Waals surface area contributed by atoms with Crippen molar-refractivity contribution < 1.29 is 14.4 Å². The molecule has 4 aliphatic rings. The number of imide groups is 1. The maximum absolute atomic E-state index is 13.6. The van der Waals surface area contributed by atoms with Gasteiger partial charge in [0.05, 0.1) is 29.2 Å². The molecule has 0 saturated carbocycles. The average Bonchev–Trinajstić information content (AvgIpc) is 3.71. The van der Waals surface area contributed by atoms with E-state index in [-0.39, 0.29) is 23.6 Å². The number of benzene rings is 1. The summed E-state index contributed by atoms with van der Waals surface area (Å²) in [5.74, 6) is -0.110. The van der Waals surface area contributed by atoms with Crippen LogP contribution < -0.4 is 10.2 Å². The number of nitrogens with one attached hydrogen (secondary N) is 3. The number of aromatic nitrogens is 4. The first-order valence-electron chi connectivity index (χ1n) is 17.9. The molecule has 11 nitrogen and oxygen atoms in total. The summed E-state index contributed by atoms with van der Waals surface area (Å²) < 4.78 is 0. The largest absolute Gasteiger partial charge is 0.368 e. The second-order valence-electron chi connectivity index (χ2n) is 15.3. The third-order valence-electron chi connectivity index (χ3n) is 11.3. The van der Waals surface area contributed by atoms with E-state index in [4.69, 9.17) is 0 Å². The quantitative estimate of drug-likeness (QED) is 0.256. The number of rotatable bonds is 6. The van der Waals surface area contributed by atoms with Crippen LogP contribution in [0.25, 0.3) is 22.3 Å². The van der Waals surface area contributed by atoms with E-state index >= 15 is 0 Å². The van der Waals surface area contributed by atoms with E-state index in [1.54, 1.807) is 0 Å². The standard InChI is InChI=1S/C38H46N8O3/c1-38(2)12-9-28-33(21-38)42-43-35(28)32-19-25-3-4-26(20-31(25)40-32)37(49)46-13-10-24(11-14-46)23-44-15-17-45(18-16-44)27-5-7-30(39-22-27)29-6-8-34(47)41-36(29)48/h3-5,7,19-20,22,24,29,40H,6,8-18,21,23H2,1-2H3,(H,42,43)(H,41,47,48). The van der Waals surface area contributed by atoms with Gasteiger partial charge in [-0.15, -0.1) is 0 Å². The Balaban J connectivity index is 0.820. The minimum Gasteiger partial charge on any atom is -0.368 e. The van der Waals surface area contributed by atoms with Gasteiger partial charge in [-0.05, 0) is 80.2 Å². The Morgan fingerprint density at radius 1 is 0.959 bits per heavy atom. The fraction of sp³-hybridized carbons (Fsp3) is 0.500. The number of piperidine rings is 2. The van der Waals surface area contributed by atoms with E-state index < -0.39 is 0 Å². The Bertz CT molecular complexity index is 1880.